The first kappa shape index (κ1) is 16.2. The van der Waals surface area contributed by atoms with E-state index in [1.54, 1.807) is 6.07 Å². The maximum atomic E-state index is 11.4. The molecule has 0 fully saturated rings. The molecule has 110 valence electrons. The Morgan fingerprint density at radius 1 is 1.00 bits per heavy atom. The molecule has 2 N–H and O–H groups in total. The highest BCUT2D eigenvalue weighted by Crippen LogP contribution is 2.23. The highest BCUT2D eigenvalue weighted by Gasteiger charge is 2.21. The Morgan fingerprint density at radius 3 is 2.20 bits per heavy atom. The fraction of sp³-hybridized carbons (Fsp3) is 0.500. The van der Waals surface area contributed by atoms with Crippen LogP contribution in [0.3, 0.4) is 0 Å². The summed E-state index contributed by atoms with van der Waals surface area (Å²) in [6.07, 6.45) is 5.50. The molecule has 1 aromatic rings. The van der Waals surface area contributed by atoms with Crippen molar-refractivity contribution in [3.8, 4) is 0 Å². The van der Waals surface area contributed by atoms with Crippen molar-refractivity contribution in [1.82, 2.24) is 0 Å². The quantitative estimate of drug-likeness (QED) is 0.710. The Bertz CT molecular complexity index is 491. The van der Waals surface area contributed by atoms with Crippen LogP contribution < -0.4 is 0 Å². The zero-order valence-electron chi connectivity index (χ0n) is 12.1. The van der Waals surface area contributed by atoms with Gasteiger partial charge in [0.1, 0.15) is 0 Å². The fourth-order valence-electron chi connectivity index (χ4n) is 2.46. The van der Waals surface area contributed by atoms with Gasteiger partial charge in [0.25, 0.3) is 0 Å². The maximum absolute atomic E-state index is 11.4. The molecule has 0 aromatic heterocycles. The summed E-state index contributed by atoms with van der Waals surface area (Å²) < 4.78 is 0. The van der Waals surface area contributed by atoms with Gasteiger partial charge in [-0.1, -0.05) is 39.2 Å². The number of hydrogen-bond acceptors (Lipinski definition) is 2. The lowest BCUT2D eigenvalue weighted by atomic mass is 9.91. The summed E-state index contributed by atoms with van der Waals surface area (Å²) in [7, 11) is 0. The number of aryl methyl sites for hydroxylation is 1. The molecule has 1 rings (SSSR count). The van der Waals surface area contributed by atoms with E-state index in [1.165, 1.54) is 6.07 Å². The van der Waals surface area contributed by atoms with Crippen LogP contribution in [0.1, 0.15) is 71.4 Å². The van der Waals surface area contributed by atoms with Gasteiger partial charge in [-0.3, -0.25) is 0 Å². The maximum Gasteiger partial charge on any atom is 0.336 e. The van der Waals surface area contributed by atoms with Gasteiger partial charge in [0.2, 0.25) is 0 Å². The van der Waals surface area contributed by atoms with E-state index in [0.29, 0.717) is 18.4 Å². The third-order valence-electron chi connectivity index (χ3n) is 3.52. The monoisotopic (exact) mass is 278 g/mol. The first-order valence-electron chi connectivity index (χ1n) is 7.14. The van der Waals surface area contributed by atoms with Crippen molar-refractivity contribution in [2.75, 3.05) is 0 Å². The number of unbranched alkanes of at least 4 members (excludes halogenated alkanes) is 3. The average Bonchev–Trinajstić information content (AvgIpc) is 2.42. The van der Waals surface area contributed by atoms with Crippen LogP contribution in [0.2, 0.25) is 0 Å². The summed E-state index contributed by atoms with van der Waals surface area (Å²) in [5.41, 5.74) is 1.48. The van der Waals surface area contributed by atoms with Gasteiger partial charge in [-0.2, -0.15) is 0 Å². The van der Waals surface area contributed by atoms with Crippen molar-refractivity contribution in [2.45, 2.75) is 52.4 Å². The van der Waals surface area contributed by atoms with E-state index in [0.717, 1.165) is 31.2 Å². The Hall–Kier alpha value is -1.84. The highest BCUT2D eigenvalue weighted by molar-refractivity contribution is 6.03. The summed E-state index contributed by atoms with van der Waals surface area (Å²) in [5.74, 6) is -2.33. The Labute approximate surface area is 119 Å². The second-order valence-corrected chi connectivity index (χ2v) is 4.90. The summed E-state index contributed by atoms with van der Waals surface area (Å²) in [4.78, 5) is 22.6. The predicted molar refractivity (Wildman–Crippen MR) is 77.6 cm³/mol. The minimum Gasteiger partial charge on any atom is -0.478 e. The molecule has 0 saturated carbocycles. The fourth-order valence-corrected chi connectivity index (χ4v) is 2.46. The van der Waals surface area contributed by atoms with Gasteiger partial charge in [-0.15, -0.1) is 0 Å². The molecule has 0 unspecified atom stereocenters. The molecule has 0 amide bonds. The lowest BCUT2D eigenvalue weighted by Crippen LogP contribution is -2.13. The zero-order chi connectivity index (χ0) is 15.1. The Balaban J connectivity index is 3.17. The molecule has 0 aliphatic carbocycles. The number of aromatic carboxylic acids is 2. The summed E-state index contributed by atoms with van der Waals surface area (Å²) in [6.45, 7) is 4.07. The molecular weight excluding hydrogens is 256 g/mol. The van der Waals surface area contributed by atoms with E-state index < -0.39 is 11.9 Å². The van der Waals surface area contributed by atoms with Crippen LogP contribution in [0, 0.1) is 0 Å². The van der Waals surface area contributed by atoms with Crippen LogP contribution in [0.25, 0.3) is 0 Å². The topological polar surface area (TPSA) is 74.6 Å². The molecule has 20 heavy (non-hydrogen) atoms. The SMILES string of the molecule is CCCCCCc1c(CC)ccc(C(=O)O)c1C(=O)O. The summed E-state index contributed by atoms with van der Waals surface area (Å²) in [5, 5.41) is 18.5. The number of hydrogen-bond donors (Lipinski definition) is 2. The third-order valence-corrected chi connectivity index (χ3v) is 3.52. The Kier molecular flexibility index (Phi) is 6.22. The largest absolute Gasteiger partial charge is 0.478 e. The summed E-state index contributed by atoms with van der Waals surface area (Å²) >= 11 is 0. The van der Waals surface area contributed by atoms with Crippen molar-refractivity contribution in [2.24, 2.45) is 0 Å². The van der Waals surface area contributed by atoms with Crippen molar-refractivity contribution >= 4 is 11.9 Å². The van der Waals surface area contributed by atoms with Crippen molar-refractivity contribution in [3.05, 3.63) is 34.4 Å². The lowest BCUT2D eigenvalue weighted by molar-refractivity contribution is 0.0650. The second kappa shape index (κ2) is 7.68. The molecule has 0 atom stereocenters. The van der Waals surface area contributed by atoms with Gasteiger partial charge in [0, 0.05) is 0 Å². The van der Waals surface area contributed by atoms with E-state index in [1.807, 2.05) is 6.92 Å². The summed E-state index contributed by atoms with van der Waals surface area (Å²) in [6, 6.07) is 3.14. The molecule has 4 heteroatoms. The molecule has 0 bridgehead atoms. The second-order valence-electron chi connectivity index (χ2n) is 4.90. The van der Waals surface area contributed by atoms with Crippen LogP contribution in [-0.4, -0.2) is 22.2 Å². The first-order valence-corrected chi connectivity index (χ1v) is 7.14. The molecule has 0 heterocycles. The van der Waals surface area contributed by atoms with Gasteiger partial charge in [-0.05, 0) is 36.5 Å². The van der Waals surface area contributed by atoms with Crippen LogP contribution in [0.4, 0.5) is 0 Å². The average molecular weight is 278 g/mol. The van der Waals surface area contributed by atoms with Crippen LogP contribution >= 0.6 is 0 Å². The number of carboxylic acids is 2. The number of benzene rings is 1. The molecule has 0 spiro atoms. The van der Waals surface area contributed by atoms with Crippen molar-refractivity contribution < 1.29 is 19.8 Å². The van der Waals surface area contributed by atoms with Gasteiger partial charge in [0.05, 0.1) is 11.1 Å². The minimum atomic E-state index is -1.18. The standard InChI is InChI=1S/C16H22O4/c1-3-5-6-7-8-12-11(4-2)9-10-13(15(17)18)14(12)16(19)20/h9-10H,3-8H2,1-2H3,(H,17,18)(H,19,20). The number of rotatable bonds is 8. The van der Waals surface area contributed by atoms with Gasteiger partial charge in [-0.25, -0.2) is 9.59 Å². The predicted octanol–water partition coefficient (Wildman–Crippen LogP) is 3.77. The molecule has 0 saturated heterocycles. The Morgan fingerprint density at radius 2 is 1.70 bits per heavy atom. The minimum absolute atomic E-state index is 0.0339. The third kappa shape index (κ3) is 3.83. The zero-order valence-corrected chi connectivity index (χ0v) is 12.1. The highest BCUT2D eigenvalue weighted by atomic mass is 16.4. The molecule has 0 radical (unpaired) electrons. The van der Waals surface area contributed by atoms with Crippen molar-refractivity contribution in [1.29, 1.82) is 0 Å². The molecule has 0 aliphatic heterocycles. The number of carbonyl (C=O) groups is 2. The molecule has 1 aromatic carbocycles. The van der Waals surface area contributed by atoms with E-state index in [4.69, 9.17) is 5.11 Å². The van der Waals surface area contributed by atoms with Crippen LogP contribution in [0.15, 0.2) is 12.1 Å². The van der Waals surface area contributed by atoms with E-state index in [2.05, 4.69) is 6.92 Å². The molecule has 4 nitrogen and oxygen atoms in total. The van der Waals surface area contributed by atoms with Gasteiger partial charge in [0.15, 0.2) is 0 Å². The molecule has 0 aliphatic rings. The number of carboxylic acid groups (broad SMARTS) is 2. The van der Waals surface area contributed by atoms with E-state index in [9.17, 15) is 14.7 Å². The van der Waals surface area contributed by atoms with Crippen LogP contribution in [0.5, 0.6) is 0 Å². The smallest absolute Gasteiger partial charge is 0.336 e. The van der Waals surface area contributed by atoms with E-state index >= 15 is 0 Å². The van der Waals surface area contributed by atoms with Gasteiger partial charge >= 0.3 is 11.9 Å². The first-order chi connectivity index (χ1) is 9.52. The van der Waals surface area contributed by atoms with Crippen LogP contribution in [-0.2, 0) is 12.8 Å². The normalized spacial score (nSPS) is 10.5. The van der Waals surface area contributed by atoms with Crippen molar-refractivity contribution in [3.63, 3.8) is 0 Å². The van der Waals surface area contributed by atoms with E-state index in [-0.39, 0.29) is 11.1 Å². The molecular formula is C16H22O4. The van der Waals surface area contributed by atoms with Gasteiger partial charge < -0.3 is 10.2 Å². The lowest BCUT2D eigenvalue weighted by Gasteiger charge is -2.14.